The van der Waals surface area contributed by atoms with Crippen molar-refractivity contribution < 1.29 is 9.59 Å². The summed E-state index contributed by atoms with van der Waals surface area (Å²) in [5.74, 6) is 0.124. The SMILES string of the molecule is CCCN(CCCCCCCN(CC)CC(=O)Nc1c(C)cccc1C)CC(=O)Nc1c(C)cccc1C. The Morgan fingerprint density at radius 1 is 0.605 bits per heavy atom. The number of aryl methyl sites for hydroxylation is 4. The van der Waals surface area contributed by atoms with Gasteiger partial charge in [-0.15, -0.1) is 0 Å². The van der Waals surface area contributed by atoms with Gasteiger partial charge in [0.05, 0.1) is 13.1 Å². The molecule has 210 valence electrons. The molecule has 2 aromatic carbocycles. The number of amides is 2. The number of nitrogens with zero attached hydrogens (tertiary/aromatic N) is 2. The molecular weight excluding hydrogens is 472 g/mol. The Balaban J connectivity index is 1.65. The number of likely N-dealkylation sites (N-methyl/N-ethyl adjacent to an activating group) is 1. The Bertz CT molecular complexity index is 980. The van der Waals surface area contributed by atoms with Gasteiger partial charge in [0, 0.05) is 11.4 Å². The lowest BCUT2D eigenvalue weighted by Gasteiger charge is -2.22. The first-order valence-electron chi connectivity index (χ1n) is 14.4. The van der Waals surface area contributed by atoms with Crippen LogP contribution >= 0.6 is 0 Å². The van der Waals surface area contributed by atoms with Gasteiger partial charge in [0.2, 0.25) is 11.8 Å². The van der Waals surface area contributed by atoms with Gasteiger partial charge in [-0.3, -0.25) is 19.4 Å². The van der Waals surface area contributed by atoms with Gasteiger partial charge in [0.15, 0.2) is 0 Å². The summed E-state index contributed by atoms with van der Waals surface area (Å²) in [5.41, 5.74) is 6.28. The first-order chi connectivity index (χ1) is 18.2. The van der Waals surface area contributed by atoms with Crippen LogP contribution < -0.4 is 10.6 Å². The number of hydrogen-bond donors (Lipinski definition) is 2. The van der Waals surface area contributed by atoms with Crippen molar-refractivity contribution in [3.05, 3.63) is 58.7 Å². The molecule has 0 radical (unpaired) electrons. The van der Waals surface area contributed by atoms with E-state index in [9.17, 15) is 9.59 Å². The van der Waals surface area contributed by atoms with Crippen LogP contribution in [0.25, 0.3) is 0 Å². The van der Waals surface area contributed by atoms with Crippen molar-refractivity contribution in [3.63, 3.8) is 0 Å². The van der Waals surface area contributed by atoms with Crippen molar-refractivity contribution in [1.82, 2.24) is 9.80 Å². The van der Waals surface area contributed by atoms with E-state index in [4.69, 9.17) is 0 Å². The first-order valence-corrected chi connectivity index (χ1v) is 14.4. The predicted molar refractivity (Wildman–Crippen MR) is 161 cm³/mol. The zero-order valence-corrected chi connectivity index (χ0v) is 24.7. The fourth-order valence-electron chi connectivity index (χ4n) is 4.92. The molecule has 2 amide bonds. The first kappa shape index (κ1) is 31.5. The highest BCUT2D eigenvalue weighted by Crippen LogP contribution is 2.20. The van der Waals surface area contributed by atoms with Crippen LogP contribution in [0, 0.1) is 27.7 Å². The maximum atomic E-state index is 12.7. The molecule has 2 rings (SSSR count). The summed E-state index contributed by atoms with van der Waals surface area (Å²) in [4.78, 5) is 29.8. The van der Waals surface area contributed by atoms with E-state index in [-0.39, 0.29) is 11.8 Å². The van der Waals surface area contributed by atoms with Crippen molar-refractivity contribution >= 4 is 23.2 Å². The monoisotopic (exact) mass is 522 g/mol. The Kier molecular flexibility index (Phi) is 14.1. The smallest absolute Gasteiger partial charge is 0.238 e. The molecule has 0 bridgehead atoms. The molecule has 0 spiro atoms. The van der Waals surface area contributed by atoms with Gasteiger partial charge in [0.1, 0.15) is 0 Å². The molecule has 0 saturated carbocycles. The highest BCUT2D eigenvalue weighted by Gasteiger charge is 2.13. The second-order valence-electron chi connectivity index (χ2n) is 10.5. The van der Waals surface area contributed by atoms with E-state index in [0.717, 1.165) is 91.9 Å². The number of rotatable bonds is 17. The topological polar surface area (TPSA) is 64.7 Å². The van der Waals surface area contributed by atoms with E-state index in [1.165, 1.54) is 6.42 Å². The Labute approximate surface area is 231 Å². The van der Waals surface area contributed by atoms with Crippen LogP contribution in [0.5, 0.6) is 0 Å². The van der Waals surface area contributed by atoms with Crippen molar-refractivity contribution in [3.8, 4) is 0 Å². The summed E-state index contributed by atoms with van der Waals surface area (Å²) < 4.78 is 0. The Morgan fingerprint density at radius 2 is 1.00 bits per heavy atom. The van der Waals surface area contributed by atoms with E-state index in [1.54, 1.807) is 0 Å². The van der Waals surface area contributed by atoms with E-state index in [0.29, 0.717) is 13.1 Å². The summed E-state index contributed by atoms with van der Waals surface area (Å²) in [5, 5.41) is 6.22. The number of carbonyl (C=O) groups is 2. The molecule has 6 nitrogen and oxygen atoms in total. The second kappa shape index (κ2) is 17.0. The van der Waals surface area contributed by atoms with E-state index < -0.39 is 0 Å². The molecule has 0 atom stereocenters. The predicted octanol–water partition coefficient (Wildman–Crippen LogP) is 6.48. The quantitative estimate of drug-likeness (QED) is 0.233. The molecule has 0 aromatic heterocycles. The number of unbranched alkanes of at least 4 members (excludes halogenated alkanes) is 4. The van der Waals surface area contributed by atoms with Crippen molar-refractivity contribution in [2.75, 3.05) is 49.9 Å². The molecule has 0 unspecified atom stereocenters. The summed E-state index contributed by atoms with van der Waals surface area (Å²) in [7, 11) is 0. The third-order valence-corrected chi connectivity index (χ3v) is 7.16. The minimum absolute atomic E-state index is 0.0573. The lowest BCUT2D eigenvalue weighted by Crippen LogP contribution is -2.35. The average Bonchev–Trinajstić information content (AvgIpc) is 2.87. The largest absolute Gasteiger partial charge is 0.324 e. The molecule has 38 heavy (non-hydrogen) atoms. The number of para-hydroxylation sites is 2. The average molecular weight is 523 g/mol. The van der Waals surface area contributed by atoms with E-state index in [2.05, 4.69) is 34.3 Å². The number of anilines is 2. The van der Waals surface area contributed by atoms with E-state index >= 15 is 0 Å². The third-order valence-electron chi connectivity index (χ3n) is 7.16. The minimum Gasteiger partial charge on any atom is -0.324 e. The number of hydrogen-bond acceptors (Lipinski definition) is 4. The molecule has 0 saturated heterocycles. The molecule has 6 heteroatoms. The van der Waals surface area contributed by atoms with Crippen molar-refractivity contribution in [2.24, 2.45) is 0 Å². The maximum Gasteiger partial charge on any atom is 0.238 e. The standard InChI is InChI=1S/C32H50N4O2/c1-7-20-36(24-30(38)34-32-27(5)18-15-19-28(32)6)22-13-11-9-10-12-21-35(8-2)23-29(37)33-31-25(3)16-14-17-26(31)4/h14-19H,7-13,20-24H2,1-6H3,(H,33,37)(H,34,38). The molecule has 0 aliphatic heterocycles. The third kappa shape index (κ3) is 11.0. The number of carbonyl (C=O) groups excluding carboxylic acids is 2. The summed E-state index contributed by atoms with van der Waals surface area (Å²) >= 11 is 0. The van der Waals surface area contributed by atoms with Gasteiger partial charge in [-0.2, -0.15) is 0 Å². The highest BCUT2D eigenvalue weighted by atomic mass is 16.2. The van der Waals surface area contributed by atoms with Crippen LogP contribution in [-0.2, 0) is 9.59 Å². The molecule has 0 aliphatic carbocycles. The molecule has 0 aliphatic rings. The molecule has 0 heterocycles. The highest BCUT2D eigenvalue weighted by molar-refractivity contribution is 5.94. The van der Waals surface area contributed by atoms with Crippen LogP contribution in [-0.4, -0.2) is 60.9 Å². The van der Waals surface area contributed by atoms with Crippen molar-refractivity contribution in [1.29, 1.82) is 0 Å². The zero-order chi connectivity index (χ0) is 27.9. The Hall–Kier alpha value is -2.70. The Morgan fingerprint density at radius 3 is 1.42 bits per heavy atom. The van der Waals surface area contributed by atoms with Crippen LogP contribution in [0.3, 0.4) is 0 Å². The zero-order valence-electron chi connectivity index (χ0n) is 24.7. The molecule has 2 N–H and O–H groups in total. The van der Waals surface area contributed by atoms with E-state index in [1.807, 2.05) is 64.1 Å². The second-order valence-corrected chi connectivity index (χ2v) is 10.5. The van der Waals surface area contributed by atoms with Gasteiger partial charge in [-0.25, -0.2) is 0 Å². The van der Waals surface area contributed by atoms with Gasteiger partial charge in [0.25, 0.3) is 0 Å². The van der Waals surface area contributed by atoms with Gasteiger partial charge in [-0.05, 0) is 95.4 Å². The van der Waals surface area contributed by atoms with Gasteiger partial charge >= 0.3 is 0 Å². The summed E-state index contributed by atoms with van der Waals surface area (Å²) in [6, 6.07) is 12.2. The summed E-state index contributed by atoms with van der Waals surface area (Å²) in [6.07, 6.45) is 6.75. The van der Waals surface area contributed by atoms with Crippen LogP contribution in [0.2, 0.25) is 0 Å². The minimum atomic E-state index is 0.0573. The fourth-order valence-corrected chi connectivity index (χ4v) is 4.92. The number of benzene rings is 2. The lowest BCUT2D eigenvalue weighted by atomic mass is 10.1. The molecule has 2 aromatic rings. The lowest BCUT2D eigenvalue weighted by molar-refractivity contribution is -0.118. The molecular formula is C32H50N4O2. The van der Waals surface area contributed by atoms with Crippen LogP contribution in [0.4, 0.5) is 11.4 Å². The summed E-state index contributed by atoms with van der Waals surface area (Å²) in [6.45, 7) is 17.0. The van der Waals surface area contributed by atoms with Crippen molar-refractivity contribution in [2.45, 2.75) is 80.1 Å². The molecule has 0 fully saturated rings. The maximum absolute atomic E-state index is 12.7. The fraction of sp³-hybridized carbons (Fsp3) is 0.562. The van der Waals surface area contributed by atoms with Gasteiger partial charge < -0.3 is 10.6 Å². The van der Waals surface area contributed by atoms with Crippen LogP contribution in [0.15, 0.2) is 36.4 Å². The van der Waals surface area contributed by atoms with Gasteiger partial charge in [-0.1, -0.05) is 69.5 Å². The van der Waals surface area contributed by atoms with Crippen LogP contribution in [0.1, 0.15) is 74.6 Å². The normalized spacial score (nSPS) is 11.3. The number of nitrogens with one attached hydrogen (secondary N) is 2.